The maximum absolute atomic E-state index is 12.1. The van der Waals surface area contributed by atoms with E-state index in [1.54, 1.807) is 30.3 Å². The average Bonchev–Trinajstić information content (AvgIpc) is 2.65. The van der Waals surface area contributed by atoms with Crippen molar-refractivity contribution < 1.29 is 47.3 Å². The summed E-state index contributed by atoms with van der Waals surface area (Å²) in [6, 6.07) is 24.1. The molecule has 0 aromatic heterocycles. The van der Waals surface area contributed by atoms with Crippen molar-refractivity contribution in [2.75, 3.05) is 17.4 Å². The minimum Gasteiger partial charge on any atom is -0.531 e. The molecule has 1 amide bonds. The molecule has 5 nitrogen and oxygen atoms in total. The van der Waals surface area contributed by atoms with Crippen molar-refractivity contribution in [2.24, 2.45) is 0 Å². The Morgan fingerprint density at radius 3 is 2.35 bits per heavy atom. The number of amides is 1. The third-order valence-corrected chi connectivity index (χ3v) is 3.46. The van der Waals surface area contributed by atoms with E-state index in [0.29, 0.717) is 16.9 Å². The van der Waals surface area contributed by atoms with Gasteiger partial charge in [0.2, 0.25) is 0 Å². The second-order valence-corrected chi connectivity index (χ2v) is 5.24. The molecule has 3 aromatic carbocycles. The summed E-state index contributed by atoms with van der Waals surface area (Å²) in [5.41, 5.74) is 1.39. The summed E-state index contributed by atoms with van der Waals surface area (Å²) in [7, 11) is 0. The Morgan fingerprint density at radius 1 is 1.04 bits per heavy atom. The number of benzene rings is 3. The zero-order valence-corrected chi connectivity index (χ0v) is 16.8. The van der Waals surface area contributed by atoms with Crippen LogP contribution in [0.2, 0.25) is 0 Å². The van der Waals surface area contributed by atoms with E-state index in [1.165, 1.54) is 6.07 Å². The second-order valence-electron chi connectivity index (χ2n) is 5.24. The maximum Gasteiger partial charge on any atom is 0.253 e. The molecule has 0 aliphatic rings. The van der Waals surface area contributed by atoms with Gasteiger partial charge in [0, 0.05) is 44.0 Å². The number of hydrogen-bond acceptors (Lipinski definition) is 4. The molecule has 0 heterocycles. The van der Waals surface area contributed by atoms with Crippen LogP contribution in [0.1, 0.15) is 10.4 Å². The van der Waals surface area contributed by atoms with Gasteiger partial charge in [0.1, 0.15) is 12.5 Å². The molecule has 3 rings (SSSR count). The summed E-state index contributed by atoms with van der Waals surface area (Å²) in [5.74, 6) is 0.466. The van der Waals surface area contributed by atoms with Gasteiger partial charge in [-0.1, -0.05) is 42.1 Å². The molecule has 1 radical (unpaired) electrons. The van der Waals surface area contributed by atoms with Gasteiger partial charge in [0.05, 0.1) is 0 Å². The second kappa shape index (κ2) is 9.95. The zero-order chi connectivity index (χ0) is 17.5. The monoisotopic (exact) mass is 422 g/mol. The largest absolute Gasteiger partial charge is 0.531 e. The molecule has 0 bridgehead atoms. The zero-order valence-electron chi connectivity index (χ0n) is 14.0. The van der Waals surface area contributed by atoms with Crippen LogP contribution in [0.4, 0.5) is 11.4 Å². The molecule has 0 atom stereocenters. The standard InChI is InChI=1S/C20H17N2O3.Y/c23-19-13-16(22-20(24)15-7-3-1-4-8-15)11-12-18(19)21-14-25-17-9-5-2-6-10-17;/h1-10,12-13,21,23H,14H2,(H,22,24);/q-1;. The first-order valence-corrected chi connectivity index (χ1v) is 7.75. The normalized spacial score (nSPS) is 9.69. The van der Waals surface area contributed by atoms with Crippen LogP contribution < -0.4 is 15.4 Å². The quantitative estimate of drug-likeness (QED) is 0.320. The number of carbonyl (C=O) groups is 1. The minimum absolute atomic E-state index is 0. The SMILES string of the molecule is O=C(Nc1[c-]cc(NCOc2ccccc2)c(O)c1)c1ccccc1.[Y]. The fraction of sp³-hybridized carbons (Fsp3) is 0.0500. The summed E-state index contributed by atoms with van der Waals surface area (Å²) in [4.78, 5) is 12.1. The molecular formula is C20H17N2O3Y-. The Balaban J connectivity index is 0.00000243. The smallest absolute Gasteiger partial charge is 0.253 e. The Kier molecular flexibility index (Phi) is 7.63. The molecule has 0 aliphatic heterocycles. The van der Waals surface area contributed by atoms with Gasteiger partial charge in [-0.2, -0.15) is 6.07 Å². The van der Waals surface area contributed by atoms with Gasteiger partial charge in [0.15, 0.2) is 0 Å². The Bertz CT molecular complexity index is 842. The predicted octanol–water partition coefficient (Wildman–Crippen LogP) is 3.89. The number of phenolic OH excluding ortho intramolecular Hbond substituents is 1. The predicted molar refractivity (Wildman–Crippen MR) is 96.9 cm³/mol. The summed E-state index contributed by atoms with van der Waals surface area (Å²) in [5, 5.41) is 15.7. The van der Waals surface area contributed by atoms with Crippen LogP contribution in [-0.4, -0.2) is 17.7 Å². The molecule has 6 heteroatoms. The van der Waals surface area contributed by atoms with Crippen molar-refractivity contribution in [1.29, 1.82) is 0 Å². The number of phenols is 1. The molecule has 0 spiro atoms. The number of para-hydroxylation sites is 1. The van der Waals surface area contributed by atoms with Crippen LogP contribution in [0.3, 0.4) is 0 Å². The van der Waals surface area contributed by atoms with E-state index in [1.807, 2.05) is 36.4 Å². The van der Waals surface area contributed by atoms with Crippen LogP contribution >= 0.6 is 0 Å². The van der Waals surface area contributed by atoms with Gasteiger partial charge in [0.25, 0.3) is 5.91 Å². The molecule has 0 saturated carbocycles. The average molecular weight is 422 g/mol. The molecule has 0 fully saturated rings. The van der Waals surface area contributed by atoms with Gasteiger partial charge < -0.3 is 20.5 Å². The molecule has 3 N–H and O–H groups in total. The summed E-state index contributed by atoms with van der Waals surface area (Å²) < 4.78 is 5.51. The molecule has 26 heavy (non-hydrogen) atoms. The van der Waals surface area contributed by atoms with E-state index in [2.05, 4.69) is 16.7 Å². The van der Waals surface area contributed by atoms with E-state index < -0.39 is 0 Å². The summed E-state index contributed by atoms with van der Waals surface area (Å²) in [6.07, 6.45) is 0. The first-order valence-electron chi connectivity index (χ1n) is 7.75. The Hall–Kier alpha value is -2.37. The van der Waals surface area contributed by atoms with Crippen molar-refractivity contribution >= 4 is 17.3 Å². The number of nitrogens with one attached hydrogen (secondary N) is 2. The molecular weight excluding hydrogens is 405 g/mol. The third kappa shape index (κ3) is 5.58. The number of ether oxygens (including phenoxy) is 1. The summed E-state index contributed by atoms with van der Waals surface area (Å²) >= 11 is 0. The first kappa shape index (κ1) is 20.0. The van der Waals surface area contributed by atoms with Crippen LogP contribution in [0.5, 0.6) is 11.5 Å². The van der Waals surface area contributed by atoms with E-state index >= 15 is 0 Å². The first-order chi connectivity index (χ1) is 12.2. The van der Waals surface area contributed by atoms with Crippen molar-refractivity contribution in [3.05, 3.63) is 84.4 Å². The van der Waals surface area contributed by atoms with Crippen molar-refractivity contribution in [2.45, 2.75) is 0 Å². The summed E-state index contributed by atoms with van der Waals surface area (Å²) in [6.45, 7) is 0.196. The van der Waals surface area contributed by atoms with Crippen LogP contribution in [-0.2, 0) is 32.7 Å². The number of carbonyl (C=O) groups excluding carboxylic acids is 1. The Labute approximate surface area is 177 Å². The van der Waals surface area contributed by atoms with Crippen molar-refractivity contribution in [3.8, 4) is 11.5 Å². The molecule has 0 unspecified atom stereocenters. The van der Waals surface area contributed by atoms with Crippen molar-refractivity contribution in [1.82, 2.24) is 0 Å². The number of rotatable bonds is 6. The number of aromatic hydroxyl groups is 1. The van der Waals surface area contributed by atoms with Gasteiger partial charge in [-0.25, -0.2) is 0 Å². The molecule has 0 aliphatic carbocycles. The van der Waals surface area contributed by atoms with Gasteiger partial charge in [-0.15, -0.1) is 12.1 Å². The van der Waals surface area contributed by atoms with Gasteiger partial charge >= 0.3 is 0 Å². The van der Waals surface area contributed by atoms with Gasteiger partial charge in [-0.3, -0.25) is 4.79 Å². The van der Waals surface area contributed by atoms with E-state index in [9.17, 15) is 9.90 Å². The third-order valence-electron chi connectivity index (χ3n) is 3.46. The number of anilines is 2. The Morgan fingerprint density at radius 2 is 1.69 bits per heavy atom. The fourth-order valence-corrected chi connectivity index (χ4v) is 2.19. The maximum atomic E-state index is 12.1. The van der Waals surface area contributed by atoms with Crippen LogP contribution in [0.15, 0.2) is 72.8 Å². The number of hydrogen-bond donors (Lipinski definition) is 3. The van der Waals surface area contributed by atoms with E-state index in [-0.39, 0.29) is 51.1 Å². The van der Waals surface area contributed by atoms with E-state index in [4.69, 9.17) is 4.74 Å². The fourth-order valence-electron chi connectivity index (χ4n) is 2.19. The topological polar surface area (TPSA) is 70.6 Å². The molecule has 129 valence electrons. The van der Waals surface area contributed by atoms with E-state index in [0.717, 1.165) is 5.75 Å². The molecule has 0 saturated heterocycles. The van der Waals surface area contributed by atoms with Crippen molar-refractivity contribution in [3.63, 3.8) is 0 Å². The van der Waals surface area contributed by atoms with Crippen LogP contribution in [0, 0.1) is 6.07 Å². The minimum atomic E-state index is -0.260. The van der Waals surface area contributed by atoms with Crippen LogP contribution in [0.25, 0.3) is 0 Å². The molecule has 3 aromatic rings. The van der Waals surface area contributed by atoms with Gasteiger partial charge in [-0.05, 0) is 30.0 Å².